The third kappa shape index (κ3) is 4.17. The van der Waals surface area contributed by atoms with Gasteiger partial charge in [-0.05, 0) is 47.9 Å². The molecule has 0 bridgehead atoms. The Morgan fingerprint density at radius 2 is 1.78 bits per heavy atom. The van der Waals surface area contributed by atoms with Crippen LogP contribution in [0.5, 0.6) is 5.75 Å². The lowest BCUT2D eigenvalue weighted by Gasteiger charge is -2.14. The fourth-order valence-electron chi connectivity index (χ4n) is 3.39. The number of nitro benzene ring substituents is 1. The highest BCUT2D eigenvalue weighted by Gasteiger charge is 2.35. The molecule has 0 aromatic heterocycles. The molecule has 0 unspecified atom stereocenters. The summed E-state index contributed by atoms with van der Waals surface area (Å²) in [5, 5.41) is 23.3. The van der Waals surface area contributed by atoms with Gasteiger partial charge in [-0.2, -0.15) is 0 Å². The highest BCUT2D eigenvalue weighted by Crippen LogP contribution is 2.34. The molecule has 3 aromatic carbocycles. The van der Waals surface area contributed by atoms with Crippen LogP contribution < -0.4 is 10.4 Å². The largest absolute Gasteiger partial charge is 0.502 e. The molecule has 1 fully saturated rings. The molecule has 0 saturated carbocycles. The Morgan fingerprint density at radius 1 is 1.03 bits per heavy atom. The number of phenols is 1. The quantitative estimate of drug-likeness (QED) is 0.264. The summed E-state index contributed by atoms with van der Waals surface area (Å²) in [7, 11) is 0. The van der Waals surface area contributed by atoms with Crippen LogP contribution in [0.4, 0.5) is 11.4 Å². The van der Waals surface area contributed by atoms with E-state index in [-0.39, 0.29) is 11.1 Å². The van der Waals surface area contributed by atoms with E-state index >= 15 is 0 Å². The number of rotatable bonds is 5. The van der Waals surface area contributed by atoms with Crippen molar-refractivity contribution in [2.45, 2.75) is 6.42 Å². The van der Waals surface area contributed by atoms with Gasteiger partial charge in [0.2, 0.25) is 5.75 Å². The number of amides is 2. The third-order valence-electron chi connectivity index (χ3n) is 4.88. The van der Waals surface area contributed by atoms with E-state index in [0.717, 1.165) is 16.6 Å². The van der Waals surface area contributed by atoms with E-state index in [2.05, 4.69) is 5.43 Å². The maximum absolute atomic E-state index is 12.9. The molecule has 1 aliphatic heterocycles. The molecule has 0 radical (unpaired) electrons. The molecule has 8 nitrogen and oxygen atoms in total. The number of phenolic OH excluding ortho intramolecular Hbond substituents is 1. The molecule has 160 valence electrons. The number of nitrogens with one attached hydrogen (secondary N) is 1. The summed E-state index contributed by atoms with van der Waals surface area (Å²) in [5.74, 6) is -2.00. The lowest BCUT2D eigenvalue weighted by molar-refractivity contribution is -0.385. The van der Waals surface area contributed by atoms with E-state index in [1.807, 2.05) is 30.3 Å². The number of carbonyl (C=O) groups is 2. The third-order valence-corrected chi connectivity index (χ3v) is 5.12. The Labute approximate surface area is 187 Å². The van der Waals surface area contributed by atoms with Crippen molar-refractivity contribution in [2.75, 3.05) is 5.01 Å². The molecule has 2 N–H and O–H groups in total. The Balaban J connectivity index is 1.74. The summed E-state index contributed by atoms with van der Waals surface area (Å²) in [6, 6.07) is 18.4. The van der Waals surface area contributed by atoms with E-state index in [1.54, 1.807) is 18.2 Å². The van der Waals surface area contributed by atoms with Crippen molar-refractivity contribution in [3.05, 3.63) is 104 Å². The molecule has 1 saturated heterocycles. The lowest BCUT2D eigenvalue weighted by Crippen LogP contribution is -2.35. The average Bonchev–Trinajstić information content (AvgIpc) is 3.04. The number of anilines is 1. The first-order chi connectivity index (χ1) is 15.3. The summed E-state index contributed by atoms with van der Waals surface area (Å²) in [4.78, 5) is 36.1. The van der Waals surface area contributed by atoms with E-state index in [4.69, 9.17) is 11.6 Å². The molecule has 4 rings (SSSR count). The zero-order chi connectivity index (χ0) is 22.8. The first-order valence-electron chi connectivity index (χ1n) is 9.50. The number of hydrogen-bond donors (Lipinski definition) is 2. The highest BCUT2D eigenvalue weighted by molar-refractivity contribution is 6.33. The van der Waals surface area contributed by atoms with Gasteiger partial charge in [0.15, 0.2) is 0 Å². The normalized spacial score (nSPS) is 14.7. The van der Waals surface area contributed by atoms with E-state index in [1.165, 1.54) is 18.2 Å². The van der Waals surface area contributed by atoms with E-state index in [9.17, 15) is 24.8 Å². The van der Waals surface area contributed by atoms with Gasteiger partial charge < -0.3 is 5.11 Å². The molecule has 32 heavy (non-hydrogen) atoms. The molecule has 9 heteroatoms. The zero-order valence-electron chi connectivity index (χ0n) is 16.5. The summed E-state index contributed by atoms with van der Waals surface area (Å²) in [6.07, 6.45) is 1.52. The van der Waals surface area contributed by atoms with Crippen LogP contribution >= 0.6 is 11.6 Å². The average molecular weight is 450 g/mol. The first-order valence-corrected chi connectivity index (χ1v) is 9.88. The number of benzene rings is 3. The van der Waals surface area contributed by atoms with E-state index < -0.39 is 28.2 Å². The fraction of sp³-hybridized carbons (Fsp3) is 0.0435. The SMILES string of the molecule is O=C1NN(c2cccc(Cl)c2)C(=O)/C1=C\c1cc(Cc2ccccc2)cc([N+](=O)[O-])c1O. The highest BCUT2D eigenvalue weighted by atomic mass is 35.5. The van der Waals surface area contributed by atoms with Gasteiger partial charge in [-0.15, -0.1) is 0 Å². The number of nitro groups is 1. The molecule has 2 amide bonds. The number of carbonyl (C=O) groups excluding carboxylic acids is 2. The van der Waals surface area contributed by atoms with Crippen LogP contribution in [0.25, 0.3) is 6.08 Å². The molecule has 3 aromatic rings. The minimum atomic E-state index is -0.708. The molecule has 0 aliphatic carbocycles. The van der Waals surface area contributed by atoms with Crippen LogP contribution in [0.15, 0.2) is 72.3 Å². The van der Waals surface area contributed by atoms with Crippen molar-refractivity contribution < 1.29 is 19.6 Å². The second-order valence-corrected chi connectivity index (χ2v) is 7.53. The van der Waals surface area contributed by atoms with Crippen LogP contribution in [0, 0.1) is 10.1 Å². The monoisotopic (exact) mass is 449 g/mol. The molecular weight excluding hydrogens is 434 g/mol. The topological polar surface area (TPSA) is 113 Å². The molecular formula is C23H16ClN3O5. The van der Waals surface area contributed by atoms with Gasteiger partial charge in [0.1, 0.15) is 5.57 Å². The minimum Gasteiger partial charge on any atom is -0.502 e. The Hall–Kier alpha value is -4.17. The van der Waals surface area contributed by atoms with Gasteiger partial charge in [0.05, 0.1) is 10.6 Å². The minimum absolute atomic E-state index is 0.00317. The number of hydrazine groups is 1. The Morgan fingerprint density at radius 3 is 2.47 bits per heavy atom. The van der Waals surface area contributed by atoms with Gasteiger partial charge in [-0.25, -0.2) is 5.01 Å². The maximum atomic E-state index is 12.9. The van der Waals surface area contributed by atoms with Gasteiger partial charge in [0, 0.05) is 16.7 Å². The predicted molar refractivity (Wildman–Crippen MR) is 119 cm³/mol. The summed E-state index contributed by atoms with van der Waals surface area (Å²) in [6.45, 7) is 0. The predicted octanol–water partition coefficient (Wildman–Crippen LogP) is 4.01. The van der Waals surface area contributed by atoms with E-state index in [0.29, 0.717) is 22.7 Å². The number of halogens is 1. The van der Waals surface area contributed by atoms with Crippen LogP contribution in [-0.2, 0) is 16.0 Å². The Bertz CT molecular complexity index is 1270. The van der Waals surface area contributed by atoms with Crippen molar-refractivity contribution in [3.63, 3.8) is 0 Å². The fourth-order valence-corrected chi connectivity index (χ4v) is 3.58. The number of hydrogen-bond acceptors (Lipinski definition) is 5. The van der Waals surface area contributed by atoms with Gasteiger partial charge >= 0.3 is 5.69 Å². The standard InChI is InChI=1S/C23H16ClN3O5/c24-17-7-4-8-18(13-17)26-23(30)19(22(29)25-26)12-16-10-15(9-14-5-2-1-3-6-14)11-20(21(16)28)27(31)32/h1-8,10-13,28H,9H2,(H,25,29)/b19-12-. The van der Waals surface area contributed by atoms with Crippen molar-refractivity contribution in [1.29, 1.82) is 0 Å². The summed E-state index contributed by atoms with van der Waals surface area (Å²) < 4.78 is 0. The second-order valence-electron chi connectivity index (χ2n) is 7.09. The lowest BCUT2D eigenvalue weighted by atomic mass is 9.99. The molecule has 0 spiro atoms. The summed E-state index contributed by atoms with van der Waals surface area (Å²) in [5.41, 5.74) is 3.46. The van der Waals surface area contributed by atoms with Crippen LogP contribution in [0.3, 0.4) is 0 Å². The van der Waals surface area contributed by atoms with Crippen LogP contribution in [0.2, 0.25) is 5.02 Å². The Kier molecular flexibility index (Phi) is 5.61. The van der Waals surface area contributed by atoms with Crippen LogP contribution in [-0.4, -0.2) is 21.8 Å². The van der Waals surface area contributed by atoms with Crippen molar-refractivity contribution >= 4 is 40.9 Å². The van der Waals surface area contributed by atoms with Crippen LogP contribution in [0.1, 0.15) is 16.7 Å². The van der Waals surface area contributed by atoms with Gasteiger partial charge in [-0.1, -0.05) is 48.0 Å². The molecule has 1 heterocycles. The number of nitrogens with zero attached hydrogens (tertiary/aromatic N) is 2. The second kappa shape index (κ2) is 8.52. The first kappa shape index (κ1) is 21.1. The van der Waals surface area contributed by atoms with Crippen molar-refractivity contribution in [2.24, 2.45) is 0 Å². The van der Waals surface area contributed by atoms with Gasteiger partial charge in [0.25, 0.3) is 11.8 Å². The number of aromatic hydroxyl groups is 1. The zero-order valence-corrected chi connectivity index (χ0v) is 17.2. The van der Waals surface area contributed by atoms with Crippen molar-refractivity contribution in [3.8, 4) is 5.75 Å². The van der Waals surface area contributed by atoms with Gasteiger partial charge in [-0.3, -0.25) is 25.1 Å². The van der Waals surface area contributed by atoms with Crippen molar-refractivity contribution in [1.82, 2.24) is 5.43 Å². The maximum Gasteiger partial charge on any atom is 0.311 e. The smallest absolute Gasteiger partial charge is 0.311 e. The molecule has 0 atom stereocenters. The summed E-state index contributed by atoms with van der Waals surface area (Å²) >= 11 is 5.96. The molecule has 1 aliphatic rings.